The molecule has 1 amide bonds. The number of ether oxygens (including phenoxy) is 2. The lowest BCUT2D eigenvalue weighted by Crippen LogP contribution is -2.51. The van der Waals surface area contributed by atoms with E-state index in [9.17, 15) is 13.2 Å². The molecule has 0 aliphatic carbocycles. The first kappa shape index (κ1) is 30.1. The van der Waals surface area contributed by atoms with Crippen molar-refractivity contribution in [2.75, 3.05) is 44.1 Å². The summed E-state index contributed by atoms with van der Waals surface area (Å²) in [6.45, 7) is 6.76. The second-order valence-electron chi connectivity index (χ2n) is 10.4. The Morgan fingerprint density at radius 2 is 1.42 bits per heavy atom. The third-order valence-corrected chi connectivity index (χ3v) is 8.87. The van der Waals surface area contributed by atoms with Crippen molar-refractivity contribution in [2.45, 2.75) is 24.8 Å². The molecule has 224 valence electrons. The van der Waals surface area contributed by atoms with Crippen LogP contribution in [0.4, 0.5) is 5.69 Å². The lowest BCUT2D eigenvalue weighted by molar-refractivity contribution is -0.135. The zero-order valence-corrected chi connectivity index (χ0v) is 25.3. The molecule has 0 bridgehead atoms. The van der Waals surface area contributed by atoms with Gasteiger partial charge in [0.1, 0.15) is 11.5 Å². The summed E-state index contributed by atoms with van der Waals surface area (Å²) in [5.41, 5.74) is 3.52. The third kappa shape index (κ3) is 7.55. The first-order chi connectivity index (χ1) is 20.8. The van der Waals surface area contributed by atoms with Crippen LogP contribution in [0.25, 0.3) is 0 Å². The number of anilines is 1. The Bertz CT molecular complexity index is 1570. The molecule has 9 heteroatoms. The number of nitrogens with one attached hydrogen (secondary N) is 1. The summed E-state index contributed by atoms with van der Waals surface area (Å²) in [5, 5.41) is 0. The molecule has 1 aliphatic rings. The fraction of sp³-hybridized carbons (Fsp3) is 0.265. The standard InChI is InChI=1S/C34H37N3O5S/c1-3-41-30-16-14-29(15-17-30)35-43(39,40)31-18-19-32(26(2)24-31)42-25-33(38)36-20-22-37(23-21-36)34(27-10-6-4-7-11-27)28-12-8-5-9-13-28/h4-19,24,34-35H,3,20-23,25H2,1-2H3. The second-order valence-corrected chi connectivity index (χ2v) is 12.1. The molecule has 0 radical (unpaired) electrons. The second kappa shape index (κ2) is 13.8. The minimum absolute atomic E-state index is 0.0936. The SMILES string of the molecule is CCOc1ccc(NS(=O)(=O)c2ccc(OCC(=O)N3CCN(C(c4ccccc4)c4ccccc4)CC3)c(C)c2)cc1. The Kier molecular flexibility index (Phi) is 9.64. The lowest BCUT2D eigenvalue weighted by Gasteiger charge is -2.39. The van der Waals surface area contributed by atoms with Gasteiger partial charge in [0.15, 0.2) is 6.61 Å². The van der Waals surface area contributed by atoms with Crippen molar-refractivity contribution in [3.63, 3.8) is 0 Å². The maximum absolute atomic E-state index is 13.1. The van der Waals surface area contributed by atoms with Gasteiger partial charge in [0.2, 0.25) is 0 Å². The minimum atomic E-state index is -3.80. The number of amides is 1. The topological polar surface area (TPSA) is 88.2 Å². The van der Waals surface area contributed by atoms with Crippen LogP contribution in [0.2, 0.25) is 0 Å². The van der Waals surface area contributed by atoms with Gasteiger partial charge in [-0.3, -0.25) is 14.4 Å². The van der Waals surface area contributed by atoms with E-state index in [0.29, 0.717) is 42.4 Å². The van der Waals surface area contributed by atoms with Crippen molar-refractivity contribution in [2.24, 2.45) is 0 Å². The third-order valence-electron chi connectivity index (χ3n) is 7.49. The maximum atomic E-state index is 13.1. The number of carbonyl (C=O) groups excluding carboxylic acids is 1. The highest BCUT2D eigenvalue weighted by Gasteiger charge is 2.28. The molecule has 4 aromatic carbocycles. The van der Waals surface area contributed by atoms with E-state index in [1.807, 2.05) is 24.0 Å². The fourth-order valence-corrected chi connectivity index (χ4v) is 6.44. The molecule has 0 atom stereocenters. The van der Waals surface area contributed by atoms with Crippen LogP contribution in [-0.4, -0.2) is 63.5 Å². The van der Waals surface area contributed by atoms with E-state index >= 15 is 0 Å². The molecule has 1 saturated heterocycles. The molecule has 8 nitrogen and oxygen atoms in total. The molecule has 0 spiro atoms. The van der Waals surface area contributed by atoms with Crippen LogP contribution in [0.5, 0.6) is 11.5 Å². The summed E-state index contributed by atoms with van der Waals surface area (Å²) in [6, 6.07) is 32.4. The van der Waals surface area contributed by atoms with Crippen molar-refractivity contribution in [3.05, 3.63) is 120 Å². The highest BCUT2D eigenvalue weighted by Crippen LogP contribution is 2.30. The molecule has 1 aliphatic heterocycles. The lowest BCUT2D eigenvalue weighted by atomic mass is 9.96. The van der Waals surface area contributed by atoms with Crippen LogP contribution < -0.4 is 14.2 Å². The van der Waals surface area contributed by atoms with E-state index < -0.39 is 10.0 Å². The highest BCUT2D eigenvalue weighted by atomic mass is 32.2. The largest absolute Gasteiger partial charge is 0.494 e. The van der Waals surface area contributed by atoms with Crippen LogP contribution in [0.3, 0.4) is 0 Å². The Morgan fingerprint density at radius 3 is 1.98 bits per heavy atom. The average molecular weight is 600 g/mol. The number of hydrogen-bond donors (Lipinski definition) is 1. The molecular weight excluding hydrogens is 562 g/mol. The molecule has 5 rings (SSSR count). The number of sulfonamides is 1. The van der Waals surface area contributed by atoms with E-state index in [1.165, 1.54) is 17.2 Å². The van der Waals surface area contributed by atoms with Crippen molar-refractivity contribution in [1.29, 1.82) is 0 Å². The van der Waals surface area contributed by atoms with Crippen molar-refractivity contribution < 1.29 is 22.7 Å². The van der Waals surface area contributed by atoms with Gasteiger partial charge in [-0.2, -0.15) is 0 Å². The van der Waals surface area contributed by atoms with Crippen molar-refractivity contribution >= 4 is 21.6 Å². The Hall–Kier alpha value is -4.34. The zero-order valence-electron chi connectivity index (χ0n) is 24.5. The van der Waals surface area contributed by atoms with E-state index in [4.69, 9.17) is 9.47 Å². The summed E-state index contributed by atoms with van der Waals surface area (Å²) in [7, 11) is -3.80. The molecule has 43 heavy (non-hydrogen) atoms. The number of benzene rings is 4. The first-order valence-corrected chi connectivity index (χ1v) is 15.9. The van der Waals surface area contributed by atoms with E-state index in [2.05, 4.69) is 58.2 Å². The van der Waals surface area contributed by atoms with Gasteiger partial charge in [-0.1, -0.05) is 60.7 Å². The number of aryl methyl sites for hydroxylation is 1. The highest BCUT2D eigenvalue weighted by molar-refractivity contribution is 7.92. The quantitative estimate of drug-likeness (QED) is 0.245. The number of rotatable bonds is 11. The van der Waals surface area contributed by atoms with Gasteiger partial charge in [0.25, 0.3) is 15.9 Å². The number of carbonyl (C=O) groups is 1. The molecule has 1 heterocycles. The fourth-order valence-electron chi connectivity index (χ4n) is 5.30. The van der Waals surface area contributed by atoms with Gasteiger partial charge in [-0.25, -0.2) is 8.42 Å². The summed E-state index contributed by atoms with van der Waals surface area (Å²) in [6.07, 6.45) is 0. The van der Waals surface area contributed by atoms with E-state index in [-0.39, 0.29) is 23.5 Å². The Labute approximate surface area is 253 Å². The summed E-state index contributed by atoms with van der Waals surface area (Å²) in [4.78, 5) is 17.4. The first-order valence-electron chi connectivity index (χ1n) is 14.4. The van der Waals surface area contributed by atoms with Gasteiger partial charge in [-0.05, 0) is 73.0 Å². The summed E-state index contributed by atoms with van der Waals surface area (Å²) < 4.78 is 39.8. The molecular formula is C34H37N3O5S. The number of piperazine rings is 1. The zero-order chi connectivity index (χ0) is 30.2. The number of nitrogens with zero attached hydrogens (tertiary/aromatic N) is 2. The van der Waals surface area contributed by atoms with Crippen LogP contribution in [0.15, 0.2) is 108 Å². The molecule has 0 saturated carbocycles. The van der Waals surface area contributed by atoms with Crippen LogP contribution in [-0.2, 0) is 14.8 Å². The van der Waals surface area contributed by atoms with E-state index in [1.54, 1.807) is 43.3 Å². The smallest absolute Gasteiger partial charge is 0.261 e. The predicted molar refractivity (Wildman–Crippen MR) is 168 cm³/mol. The van der Waals surface area contributed by atoms with Gasteiger partial charge >= 0.3 is 0 Å². The molecule has 0 aromatic heterocycles. The normalized spacial score (nSPS) is 14.0. The van der Waals surface area contributed by atoms with Gasteiger partial charge in [0, 0.05) is 31.9 Å². The Morgan fingerprint density at radius 1 is 0.814 bits per heavy atom. The van der Waals surface area contributed by atoms with Crippen molar-refractivity contribution in [3.8, 4) is 11.5 Å². The van der Waals surface area contributed by atoms with Crippen LogP contribution in [0.1, 0.15) is 29.7 Å². The molecule has 4 aromatic rings. The van der Waals surface area contributed by atoms with Gasteiger partial charge in [-0.15, -0.1) is 0 Å². The Balaban J connectivity index is 1.16. The van der Waals surface area contributed by atoms with Gasteiger partial charge in [0.05, 0.1) is 17.5 Å². The monoisotopic (exact) mass is 599 g/mol. The van der Waals surface area contributed by atoms with Crippen LogP contribution >= 0.6 is 0 Å². The summed E-state index contributed by atoms with van der Waals surface area (Å²) >= 11 is 0. The van der Waals surface area contributed by atoms with Crippen molar-refractivity contribution in [1.82, 2.24) is 9.80 Å². The predicted octanol–water partition coefficient (Wildman–Crippen LogP) is 5.51. The molecule has 0 unspecified atom stereocenters. The average Bonchev–Trinajstić information content (AvgIpc) is 3.03. The maximum Gasteiger partial charge on any atom is 0.261 e. The molecule has 1 fully saturated rings. The van der Waals surface area contributed by atoms with Gasteiger partial charge < -0.3 is 14.4 Å². The van der Waals surface area contributed by atoms with E-state index in [0.717, 1.165) is 13.1 Å². The number of hydrogen-bond acceptors (Lipinski definition) is 6. The summed E-state index contributed by atoms with van der Waals surface area (Å²) in [5.74, 6) is 1.05. The van der Waals surface area contributed by atoms with Crippen LogP contribution in [0, 0.1) is 6.92 Å². The minimum Gasteiger partial charge on any atom is -0.494 e. The molecule has 1 N–H and O–H groups in total.